The van der Waals surface area contributed by atoms with Gasteiger partial charge in [-0.05, 0) is 25.1 Å². The van der Waals surface area contributed by atoms with E-state index in [2.05, 4.69) is 4.98 Å². The lowest BCUT2D eigenvalue weighted by atomic mass is 10.1. The summed E-state index contributed by atoms with van der Waals surface area (Å²) in [5.41, 5.74) is 1.40. The number of hydrogen-bond donors (Lipinski definition) is 0. The van der Waals surface area contributed by atoms with Crippen molar-refractivity contribution < 1.29 is 14.3 Å². The fourth-order valence-corrected chi connectivity index (χ4v) is 2.00. The molecule has 0 atom stereocenters. The van der Waals surface area contributed by atoms with Gasteiger partial charge in [-0.3, -0.25) is 4.79 Å². The lowest BCUT2D eigenvalue weighted by molar-refractivity contribution is -0.142. The SMILES string of the molecule is CCOC(=O)Cc1cc2ccc(OC)cc2nc1Cl. The third-order valence-electron chi connectivity index (χ3n) is 2.69. The minimum absolute atomic E-state index is 0.127. The molecular formula is C14H14ClNO3. The van der Waals surface area contributed by atoms with Crippen LogP contribution in [0.5, 0.6) is 5.75 Å². The van der Waals surface area contributed by atoms with Gasteiger partial charge in [-0.25, -0.2) is 4.98 Å². The van der Waals surface area contributed by atoms with Crippen molar-refractivity contribution in [3.63, 3.8) is 0 Å². The molecule has 0 aliphatic heterocycles. The zero-order valence-corrected chi connectivity index (χ0v) is 11.5. The van der Waals surface area contributed by atoms with Crippen LogP contribution in [-0.2, 0) is 16.0 Å². The van der Waals surface area contributed by atoms with Gasteiger partial charge in [-0.1, -0.05) is 11.6 Å². The van der Waals surface area contributed by atoms with E-state index in [0.29, 0.717) is 23.1 Å². The van der Waals surface area contributed by atoms with Gasteiger partial charge in [0.25, 0.3) is 0 Å². The minimum atomic E-state index is -0.306. The number of pyridine rings is 1. The number of rotatable bonds is 4. The van der Waals surface area contributed by atoms with Gasteiger partial charge in [-0.15, -0.1) is 0 Å². The molecule has 0 fully saturated rings. The van der Waals surface area contributed by atoms with Gasteiger partial charge in [0, 0.05) is 17.0 Å². The zero-order chi connectivity index (χ0) is 13.8. The van der Waals surface area contributed by atoms with E-state index in [1.165, 1.54) is 0 Å². The Morgan fingerprint density at radius 1 is 1.37 bits per heavy atom. The maximum atomic E-state index is 11.5. The molecule has 0 saturated heterocycles. The molecule has 0 radical (unpaired) electrons. The van der Waals surface area contributed by atoms with Gasteiger partial charge in [0.05, 0.1) is 25.7 Å². The number of ether oxygens (including phenoxy) is 2. The summed E-state index contributed by atoms with van der Waals surface area (Å²) in [7, 11) is 1.60. The van der Waals surface area contributed by atoms with Crippen molar-refractivity contribution in [1.29, 1.82) is 0 Å². The van der Waals surface area contributed by atoms with Crippen molar-refractivity contribution in [2.75, 3.05) is 13.7 Å². The van der Waals surface area contributed by atoms with Crippen LogP contribution in [0.25, 0.3) is 10.9 Å². The molecule has 19 heavy (non-hydrogen) atoms. The standard InChI is InChI=1S/C14H14ClNO3/c1-3-19-13(17)7-10-6-9-4-5-11(18-2)8-12(9)16-14(10)15/h4-6,8H,3,7H2,1-2H3. The molecule has 1 heterocycles. The van der Waals surface area contributed by atoms with E-state index in [0.717, 1.165) is 10.9 Å². The van der Waals surface area contributed by atoms with Crippen molar-refractivity contribution in [2.24, 2.45) is 0 Å². The highest BCUT2D eigenvalue weighted by molar-refractivity contribution is 6.30. The van der Waals surface area contributed by atoms with Crippen LogP contribution in [0.4, 0.5) is 0 Å². The maximum absolute atomic E-state index is 11.5. The number of esters is 1. The number of fused-ring (bicyclic) bond motifs is 1. The van der Waals surface area contributed by atoms with Crippen molar-refractivity contribution >= 4 is 28.5 Å². The molecule has 2 aromatic rings. The summed E-state index contributed by atoms with van der Waals surface area (Å²) in [4.78, 5) is 15.7. The highest BCUT2D eigenvalue weighted by Crippen LogP contribution is 2.24. The molecule has 4 nitrogen and oxygen atoms in total. The Morgan fingerprint density at radius 2 is 2.16 bits per heavy atom. The molecule has 0 aliphatic rings. The van der Waals surface area contributed by atoms with Gasteiger partial charge in [0.1, 0.15) is 10.9 Å². The van der Waals surface area contributed by atoms with Crippen LogP contribution >= 0.6 is 11.6 Å². The van der Waals surface area contributed by atoms with E-state index in [1.807, 2.05) is 18.2 Å². The van der Waals surface area contributed by atoms with E-state index in [4.69, 9.17) is 21.1 Å². The first-order valence-corrected chi connectivity index (χ1v) is 6.30. The van der Waals surface area contributed by atoms with Gasteiger partial charge < -0.3 is 9.47 Å². The van der Waals surface area contributed by atoms with Crippen LogP contribution in [0.2, 0.25) is 5.15 Å². The summed E-state index contributed by atoms with van der Waals surface area (Å²) in [6.45, 7) is 2.12. The fourth-order valence-electron chi connectivity index (χ4n) is 1.79. The van der Waals surface area contributed by atoms with Gasteiger partial charge in [-0.2, -0.15) is 0 Å². The van der Waals surface area contributed by atoms with Crippen molar-refractivity contribution in [3.8, 4) is 5.75 Å². The average molecular weight is 280 g/mol. The Hall–Kier alpha value is -1.81. The summed E-state index contributed by atoms with van der Waals surface area (Å²) >= 11 is 6.08. The first-order valence-electron chi connectivity index (χ1n) is 5.93. The number of hydrogen-bond acceptors (Lipinski definition) is 4. The highest BCUT2D eigenvalue weighted by atomic mass is 35.5. The van der Waals surface area contributed by atoms with E-state index in [9.17, 15) is 4.79 Å². The summed E-state index contributed by atoms with van der Waals surface area (Å²) in [6.07, 6.45) is 0.127. The lowest BCUT2D eigenvalue weighted by Gasteiger charge is -2.07. The third-order valence-corrected chi connectivity index (χ3v) is 3.02. The number of nitrogens with zero attached hydrogens (tertiary/aromatic N) is 1. The highest BCUT2D eigenvalue weighted by Gasteiger charge is 2.11. The van der Waals surface area contributed by atoms with Gasteiger partial charge >= 0.3 is 5.97 Å². The normalized spacial score (nSPS) is 10.5. The summed E-state index contributed by atoms with van der Waals surface area (Å²) in [5, 5.41) is 1.22. The molecule has 5 heteroatoms. The molecule has 0 aliphatic carbocycles. The Labute approximate surface area is 116 Å². The lowest BCUT2D eigenvalue weighted by Crippen LogP contribution is -2.08. The number of aromatic nitrogens is 1. The number of carbonyl (C=O) groups excluding carboxylic acids is 1. The van der Waals surface area contributed by atoms with Crippen molar-refractivity contribution in [3.05, 3.63) is 35.0 Å². The second kappa shape index (κ2) is 5.89. The molecule has 1 aromatic heterocycles. The largest absolute Gasteiger partial charge is 0.497 e. The molecule has 2 rings (SSSR count). The van der Waals surface area contributed by atoms with Crippen molar-refractivity contribution in [1.82, 2.24) is 4.98 Å². The smallest absolute Gasteiger partial charge is 0.310 e. The second-order valence-electron chi connectivity index (χ2n) is 3.98. The predicted molar refractivity (Wildman–Crippen MR) is 73.6 cm³/mol. The van der Waals surface area contributed by atoms with Crippen LogP contribution in [0.15, 0.2) is 24.3 Å². The number of benzene rings is 1. The van der Waals surface area contributed by atoms with E-state index < -0.39 is 0 Å². The quantitative estimate of drug-likeness (QED) is 0.638. The second-order valence-corrected chi connectivity index (χ2v) is 4.34. The Bertz CT molecular complexity index is 613. The predicted octanol–water partition coefficient (Wildman–Crippen LogP) is 3.00. The van der Waals surface area contributed by atoms with E-state index in [1.54, 1.807) is 20.1 Å². The average Bonchev–Trinajstić information content (AvgIpc) is 2.39. The molecule has 1 aromatic carbocycles. The molecule has 0 N–H and O–H groups in total. The zero-order valence-electron chi connectivity index (χ0n) is 10.8. The van der Waals surface area contributed by atoms with Crippen LogP contribution in [0.3, 0.4) is 0 Å². The van der Waals surface area contributed by atoms with Crippen LogP contribution < -0.4 is 4.74 Å². The third kappa shape index (κ3) is 3.15. The first-order chi connectivity index (χ1) is 9.13. The Morgan fingerprint density at radius 3 is 2.84 bits per heavy atom. The maximum Gasteiger partial charge on any atom is 0.310 e. The molecular weight excluding hydrogens is 266 g/mol. The van der Waals surface area contributed by atoms with Crippen LogP contribution in [0.1, 0.15) is 12.5 Å². The van der Waals surface area contributed by atoms with E-state index in [-0.39, 0.29) is 12.4 Å². The van der Waals surface area contributed by atoms with Gasteiger partial charge in [0.15, 0.2) is 0 Å². The fraction of sp³-hybridized carbons (Fsp3) is 0.286. The summed E-state index contributed by atoms with van der Waals surface area (Å²) < 4.78 is 10.0. The number of methoxy groups -OCH3 is 1. The topological polar surface area (TPSA) is 48.4 Å². The molecule has 100 valence electrons. The minimum Gasteiger partial charge on any atom is -0.497 e. The number of carbonyl (C=O) groups is 1. The first kappa shape index (κ1) is 13.6. The van der Waals surface area contributed by atoms with Crippen molar-refractivity contribution in [2.45, 2.75) is 13.3 Å². The Kier molecular flexibility index (Phi) is 4.22. The monoisotopic (exact) mass is 279 g/mol. The molecule has 0 spiro atoms. The molecule has 0 amide bonds. The Balaban J connectivity index is 2.36. The van der Waals surface area contributed by atoms with Gasteiger partial charge in [0.2, 0.25) is 0 Å². The summed E-state index contributed by atoms with van der Waals surface area (Å²) in [5.74, 6) is 0.410. The summed E-state index contributed by atoms with van der Waals surface area (Å²) in [6, 6.07) is 7.37. The molecule has 0 unspecified atom stereocenters. The van der Waals surface area contributed by atoms with E-state index >= 15 is 0 Å². The number of halogens is 1. The molecule has 0 bridgehead atoms. The molecule has 0 saturated carbocycles. The van der Waals surface area contributed by atoms with Crippen LogP contribution in [0, 0.1) is 0 Å². The van der Waals surface area contributed by atoms with Crippen LogP contribution in [-0.4, -0.2) is 24.7 Å².